The maximum atomic E-state index is 11.6. The number of amides is 1. The molecule has 0 aliphatic carbocycles. The third-order valence-electron chi connectivity index (χ3n) is 1.82. The van der Waals surface area contributed by atoms with E-state index in [2.05, 4.69) is 27.8 Å². The Hall–Kier alpha value is -1.09. The summed E-state index contributed by atoms with van der Waals surface area (Å²) >= 11 is 3.31. The average molecular weight is 254 g/mol. The summed E-state index contributed by atoms with van der Waals surface area (Å²) in [5.41, 5.74) is 0.655. The van der Waals surface area contributed by atoms with Crippen LogP contribution >= 0.6 is 15.9 Å². The minimum atomic E-state index is -0.0788. The lowest BCUT2D eigenvalue weighted by Crippen LogP contribution is -2.30. The van der Waals surface area contributed by atoms with E-state index >= 15 is 0 Å². The Morgan fingerprint density at radius 1 is 1.50 bits per heavy atom. The molecule has 1 atom stereocenters. The van der Waals surface area contributed by atoms with E-state index in [1.54, 1.807) is 18.2 Å². The number of hydrogen-bond donors (Lipinski definition) is 1. The van der Waals surface area contributed by atoms with Crippen molar-refractivity contribution in [1.29, 1.82) is 0 Å². The van der Waals surface area contributed by atoms with Crippen LogP contribution in [0.4, 0.5) is 0 Å². The van der Waals surface area contributed by atoms with Crippen molar-refractivity contribution in [3.63, 3.8) is 0 Å². The van der Waals surface area contributed by atoms with Gasteiger partial charge in [0, 0.05) is 16.1 Å². The molecule has 0 aliphatic rings. The lowest BCUT2D eigenvalue weighted by atomic mass is 10.2. The van der Waals surface area contributed by atoms with Crippen molar-refractivity contribution in [1.82, 2.24) is 5.32 Å². The van der Waals surface area contributed by atoms with Gasteiger partial charge in [-0.1, -0.05) is 22.0 Å². The number of halogens is 1. The highest BCUT2D eigenvalue weighted by Gasteiger charge is 2.06. The molecule has 14 heavy (non-hydrogen) atoms. The van der Waals surface area contributed by atoms with Gasteiger partial charge in [-0.25, -0.2) is 0 Å². The predicted molar refractivity (Wildman–Crippen MR) is 61.3 cm³/mol. The molecule has 0 fully saturated rings. The zero-order valence-electron chi connectivity index (χ0n) is 7.96. The summed E-state index contributed by atoms with van der Waals surface area (Å²) in [6.07, 6.45) is 1.69. The van der Waals surface area contributed by atoms with Gasteiger partial charge >= 0.3 is 0 Å². The first-order valence-corrected chi connectivity index (χ1v) is 5.12. The third-order valence-corrected chi connectivity index (χ3v) is 2.35. The lowest BCUT2D eigenvalue weighted by molar-refractivity contribution is 0.0947. The average Bonchev–Trinajstić information content (AvgIpc) is 2.18. The molecule has 3 heteroatoms. The Morgan fingerprint density at radius 3 is 2.57 bits per heavy atom. The Labute approximate surface area is 92.1 Å². The summed E-state index contributed by atoms with van der Waals surface area (Å²) in [5, 5.41) is 2.79. The molecule has 1 rings (SSSR count). The van der Waals surface area contributed by atoms with Crippen LogP contribution in [0.15, 0.2) is 41.4 Å². The topological polar surface area (TPSA) is 29.1 Å². The van der Waals surface area contributed by atoms with Gasteiger partial charge in [-0.05, 0) is 31.2 Å². The maximum Gasteiger partial charge on any atom is 0.251 e. The number of benzene rings is 1. The van der Waals surface area contributed by atoms with Crippen LogP contribution in [0.25, 0.3) is 0 Å². The van der Waals surface area contributed by atoms with E-state index in [0.717, 1.165) is 4.47 Å². The molecule has 0 radical (unpaired) electrons. The van der Waals surface area contributed by atoms with Gasteiger partial charge in [-0.3, -0.25) is 4.79 Å². The van der Waals surface area contributed by atoms with E-state index in [-0.39, 0.29) is 11.9 Å². The van der Waals surface area contributed by atoms with E-state index in [9.17, 15) is 4.79 Å². The number of nitrogens with one attached hydrogen (secondary N) is 1. The summed E-state index contributed by atoms with van der Waals surface area (Å²) in [4.78, 5) is 11.6. The number of rotatable bonds is 3. The van der Waals surface area contributed by atoms with E-state index < -0.39 is 0 Å². The van der Waals surface area contributed by atoms with Gasteiger partial charge in [0.2, 0.25) is 0 Å². The smallest absolute Gasteiger partial charge is 0.251 e. The zero-order chi connectivity index (χ0) is 10.6. The highest BCUT2D eigenvalue weighted by molar-refractivity contribution is 9.10. The van der Waals surface area contributed by atoms with Crippen molar-refractivity contribution in [2.24, 2.45) is 0 Å². The van der Waals surface area contributed by atoms with Gasteiger partial charge in [0.1, 0.15) is 0 Å². The van der Waals surface area contributed by atoms with Crippen molar-refractivity contribution >= 4 is 21.8 Å². The first-order chi connectivity index (χ1) is 6.63. The molecule has 0 spiro atoms. The first kappa shape index (κ1) is 11.0. The van der Waals surface area contributed by atoms with E-state index in [0.29, 0.717) is 5.56 Å². The van der Waals surface area contributed by atoms with Crippen LogP contribution in [-0.4, -0.2) is 11.9 Å². The monoisotopic (exact) mass is 253 g/mol. The highest BCUT2D eigenvalue weighted by atomic mass is 79.9. The normalized spacial score (nSPS) is 11.9. The fraction of sp³-hybridized carbons (Fsp3) is 0.182. The molecule has 0 saturated heterocycles. The SMILES string of the molecule is C=CC(C)NC(=O)c1ccc(Br)cc1. The van der Waals surface area contributed by atoms with Crippen LogP contribution in [0.5, 0.6) is 0 Å². The van der Waals surface area contributed by atoms with Gasteiger partial charge in [0.25, 0.3) is 5.91 Å². The van der Waals surface area contributed by atoms with Crippen molar-refractivity contribution in [2.75, 3.05) is 0 Å². The highest BCUT2D eigenvalue weighted by Crippen LogP contribution is 2.10. The maximum absolute atomic E-state index is 11.6. The summed E-state index contributed by atoms with van der Waals surface area (Å²) < 4.78 is 0.964. The minimum absolute atomic E-state index is 0.00820. The van der Waals surface area contributed by atoms with Gasteiger partial charge in [0.05, 0.1) is 0 Å². The molecule has 0 bridgehead atoms. The summed E-state index contributed by atoms with van der Waals surface area (Å²) in [6.45, 7) is 5.48. The van der Waals surface area contributed by atoms with E-state index in [1.807, 2.05) is 19.1 Å². The Morgan fingerprint density at radius 2 is 2.07 bits per heavy atom. The Bertz CT molecular complexity index is 332. The Kier molecular flexibility index (Phi) is 3.89. The molecule has 1 aromatic rings. The quantitative estimate of drug-likeness (QED) is 0.825. The Balaban J connectivity index is 2.70. The van der Waals surface area contributed by atoms with Crippen molar-refractivity contribution in [3.05, 3.63) is 47.0 Å². The molecule has 74 valence electrons. The molecular formula is C11H12BrNO. The van der Waals surface area contributed by atoms with Gasteiger partial charge in [-0.15, -0.1) is 6.58 Å². The molecule has 2 nitrogen and oxygen atoms in total. The number of hydrogen-bond acceptors (Lipinski definition) is 1. The predicted octanol–water partition coefficient (Wildman–Crippen LogP) is 2.75. The van der Waals surface area contributed by atoms with Crippen LogP contribution in [0.3, 0.4) is 0 Å². The minimum Gasteiger partial charge on any atom is -0.346 e. The molecule has 1 unspecified atom stereocenters. The summed E-state index contributed by atoms with van der Waals surface area (Å²) in [7, 11) is 0. The second-order valence-corrected chi connectivity index (χ2v) is 3.92. The summed E-state index contributed by atoms with van der Waals surface area (Å²) in [6, 6.07) is 7.22. The van der Waals surface area contributed by atoms with Gasteiger partial charge in [0.15, 0.2) is 0 Å². The van der Waals surface area contributed by atoms with Crippen LogP contribution in [0.2, 0.25) is 0 Å². The van der Waals surface area contributed by atoms with Crippen LogP contribution in [0, 0.1) is 0 Å². The van der Waals surface area contributed by atoms with Gasteiger partial charge < -0.3 is 5.32 Å². The second-order valence-electron chi connectivity index (χ2n) is 3.00. The molecule has 0 aliphatic heterocycles. The number of carbonyl (C=O) groups is 1. The molecule has 0 heterocycles. The molecule has 0 saturated carbocycles. The van der Waals surface area contributed by atoms with E-state index in [4.69, 9.17) is 0 Å². The molecule has 0 aromatic heterocycles. The first-order valence-electron chi connectivity index (χ1n) is 4.32. The fourth-order valence-corrected chi connectivity index (χ4v) is 1.21. The van der Waals surface area contributed by atoms with Gasteiger partial charge in [-0.2, -0.15) is 0 Å². The number of carbonyl (C=O) groups excluding carboxylic acids is 1. The van der Waals surface area contributed by atoms with Crippen molar-refractivity contribution < 1.29 is 4.79 Å². The van der Waals surface area contributed by atoms with Crippen LogP contribution in [0.1, 0.15) is 17.3 Å². The second kappa shape index (κ2) is 4.96. The largest absolute Gasteiger partial charge is 0.346 e. The third kappa shape index (κ3) is 3.00. The van der Waals surface area contributed by atoms with E-state index in [1.165, 1.54) is 0 Å². The van der Waals surface area contributed by atoms with Crippen molar-refractivity contribution in [2.45, 2.75) is 13.0 Å². The summed E-state index contributed by atoms with van der Waals surface area (Å²) in [5.74, 6) is -0.0788. The lowest BCUT2D eigenvalue weighted by Gasteiger charge is -2.08. The van der Waals surface area contributed by atoms with Crippen LogP contribution in [-0.2, 0) is 0 Å². The van der Waals surface area contributed by atoms with Crippen molar-refractivity contribution in [3.8, 4) is 0 Å². The molecule has 1 aromatic carbocycles. The molecule has 1 amide bonds. The standard InChI is InChI=1S/C11H12BrNO/c1-3-8(2)13-11(14)9-4-6-10(12)7-5-9/h3-8H,1H2,2H3,(H,13,14). The molecular weight excluding hydrogens is 242 g/mol. The molecule has 1 N–H and O–H groups in total. The van der Waals surface area contributed by atoms with Crippen LogP contribution < -0.4 is 5.32 Å². The zero-order valence-corrected chi connectivity index (χ0v) is 9.54. The fourth-order valence-electron chi connectivity index (χ4n) is 0.950.